The molecule has 2 aromatic carbocycles. The van der Waals surface area contributed by atoms with Crippen LogP contribution in [0.15, 0.2) is 64.3 Å². The van der Waals surface area contributed by atoms with E-state index in [-0.39, 0.29) is 5.63 Å². The number of hydrogen-bond acceptors (Lipinski definition) is 4. The second-order valence-corrected chi connectivity index (χ2v) is 5.50. The van der Waals surface area contributed by atoms with Crippen LogP contribution in [0.1, 0.15) is 5.56 Å². The van der Waals surface area contributed by atoms with Crippen LogP contribution >= 0.6 is 0 Å². The summed E-state index contributed by atoms with van der Waals surface area (Å²) in [4.78, 5) is 14.4. The van der Waals surface area contributed by atoms with Crippen molar-refractivity contribution in [2.75, 3.05) is 18.6 Å². The van der Waals surface area contributed by atoms with E-state index in [2.05, 4.69) is 11.5 Å². The van der Waals surface area contributed by atoms with Gasteiger partial charge < -0.3 is 14.1 Å². The van der Waals surface area contributed by atoms with Crippen LogP contribution in [0.25, 0.3) is 16.5 Å². The van der Waals surface area contributed by atoms with Crippen molar-refractivity contribution in [1.82, 2.24) is 0 Å². The third-order valence-corrected chi connectivity index (χ3v) is 4.14. The first kappa shape index (κ1) is 13.6. The van der Waals surface area contributed by atoms with E-state index in [4.69, 9.17) is 9.15 Å². The minimum atomic E-state index is -0.334. The Bertz CT molecular complexity index is 970. The van der Waals surface area contributed by atoms with Crippen molar-refractivity contribution in [2.24, 2.45) is 0 Å². The molecule has 1 aromatic heterocycles. The molecular weight excluding hydrogens is 290 g/mol. The SMILES string of the molecule is C=C1CN(c2ccc(OC)cc2)c2c1c(=O)oc1ccccc21. The maximum Gasteiger partial charge on any atom is 0.346 e. The van der Waals surface area contributed by atoms with Gasteiger partial charge in [0.1, 0.15) is 11.3 Å². The van der Waals surface area contributed by atoms with Gasteiger partial charge in [-0.15, -0.1) is 0 Å². The largest absolute Gasteiger partial charge is 0.497 e. The van der Waals surface area contributed by atoms with Crippen LogP contribution in [0.5, 0.6) is 5.75 Å². The normalized spacial score (nSPS) is 13.4. The Hall–Kier alpha value is -3.01. The number of rotatable bonds is 2. The summed E-state index contributed by atoms with van der Waals surface area (Å²) < 4.78 is 10.6. The molecule has 0 radical (unpaired) electrons. The molecule has 4 heteroatoms. The van der Waals surface area contributed by atoms with Crippen LogP contribution < -0.4 is 15.3 Å². The first-order valence-corrected chi connectivity index (χ1v) is 7.34. The summed E-state index contributed by atoms with van der Waals surface area (Å²) >= 11 is 0. The van der Waals surface area contributed by atoms with Gasteiger partial charge in [-0.2, -0.15) is 0 Å². The van der Waals surface area contributed by atoms with Gasteiger partial charge in [0.15, 0.2) is 0 Å². The summed E-state index contributed by atoms with van der Waals surface area (Å²) in [6.45, 7) is 4.62. The van der Waals surface area contributed by atoms with Crippen LogP contribution in [-0.2, 0) is 0 Å². The number of benzene rings is 2. The van der Waals surface area contributed by atoms with E-state index in [1.54, 1.807) is 7.11 Å². The van der Waals surface area contributed by atoms with Crippen molar-refractivity contribution >= 4 is 27.9 Å². The van der Waals surface area contributed by atoms with Crippen LogP contribution in [0.2, 0.25) is 0 Å². The number of nitrogens with zero attached hydrogens (tertiary/aromatic N) is 1. The van der Waals surface area contributed by atoms with E-state index in [0.717, 1.165) is 28.1 Å². The molecule has 0 bridgehead atoms. The second-order valence-electron chi connectivity index (χ2n) is 5.50. The highest BCUT2D eigenvalue weighted by Gasteiger charge is 2.29. The fraction of sp³-hybridized carbons (Fsp3) is 0.105. The molecule has 3 aromatic rings. The first-order valence-electron chi connectivity index (χ1n) is 7.34. The number of hydrogen-bond donors (Lipinski definition) is 0. The number of anilines is 2. The number of fused-ring (bicyclic) bond motifs is 3. The summed E-state index contributed by atoms with van der Waals surface area (Å²) in [6, 6.07) is 15.3. The first-order chi connectivity index (χ1) is 11.2. The Kier molecular flexibility index (Phi) is 2.98. The van der Waals surface area contributed by atoms with Crippen LogP contribution in [0.3, 0.4) is 0 Å². The molecule has 0 fully saturated rings. The molecular formula is C19H15NO3. The van der Waals surface area contributed by atoms with Gasteiger partial charge >= 0.3 is 5.63 Å². The van der Waals surface area contributed by atoms with Gasteiger partial charge in [0, 0.05) is 17.6 Å². The lowest BCUT2D eigenvalue weighted by Gasteiger charge is -2.20. The molecule has 1 aliphatic rings. The monoisotopic (exact) mass is 305 g/mol. The predicted molar refractivity (Wildman–Crippen MR) is 91.5 cm³/mol. The molecule has 114 valence electrons. The van der Waals surface area contributed by atoms with Crippen molar-refractivity contribution in [3.05, 3.63) is 71.1 Å². The molecule has 0 spiro atoms. The average Bonchev–Trinajstić information content (AvgIpc) is 2.93. The lowest BCUT2D eigenvalue weighted by molar-refractivity contribution is 0.415. The van der Waals surface area contributed by atoms with E-state index in [9.17, 15) is 4.79 Å². The Morgan fingerprint density at radius 1 is 1.13 bits per heavy atom. The topological polar surface area (TPSA) is 42.7 Å². The smallest absolute Gasteiger partial charge is 0.346 e. The van der Waals surface area contributed by atoms with Crippen molar-refractivity contribution < 1.29 is 9.15 Å². The van der Waals surface area contributed by atoms with Crippen LogP contribution in [-0.4, -0.2) is 13.7 Å². The zero-order chi connectivity index (χ0) is 16.0. The molecule has 2 heterocycles. The van der Waals surface area contributed by atoms with E-state index in [1.807, 2.05) is 48.5 Å². The maximum absolute atomic E-state index is 12.3. The minimum absolute atomic E-state index is 0.334. The van der Waals surface area contributed by atoms with Gasteiger partial charge in [-0.05, 0) is 42.0 Å². The van der Waals surface area contributed by atoms with Gasteiger partial charge in [0.25, 0.3) is 0 Å². The second kappa shape index (κ2) is 5.02. The molecule has 0 aliphatic carbocycles. The Morgan fingerprint density at radius 2 is 1.87 bits per heavy atom. The Labute approximate surface area is 133 Å². The van der Waals surface area contributed by atoms with E-state index in [0.29, 0.717) is 17.7 Å². The van der Waals surface area contributed by atoms with Gasteiger partial charge in [0.2, 0.25) is 0 Å². The molecule has 0 saturated heterocycles. The zero-order valence-electron chi connectivity index (χ0n) is 12.7. The molecule has 0 unspecified atom stereocenters. The Balaban J connectivity index is 1.97. The van der Waals surface area contributed by atoms with Crippen LogP contribution in [0, 0.1) is 0 Å². The fourth-order valence-corrected chi connectivity index (χ4v) is 3.06. The van der Waals surface area contributed by atoms with Crippen molar-refractivity contribution in [3.8, 4) is 5.75 Å². The van der Waals surface area contributed by atoms with Gasteiger partial charge in [-0.1, -0.05) is 18.7 Å². The van der Waals surface area contributed by atoms with Gasteiger partial charge in [-0.3, -0.25) is 0 Å². The van der Waals surface area contributed by atoms with Gasteiger partial charge in [-0.25, -0.2) is 4.79 Å². The highest BCUT2D eigenvalue weighted by Crippen LogP contribution is 2.42. The number of ether oxygens (including phenoxy) is 1. The average molecular weight is 305 g/mol. The Morgan fingerprint density at radius 3 is 2.61 bits per heavy atom. The molecule has 1 aliphatic heterocycles. The summed E-state index contributed by atoms with van der Waals surface area (Å²) in [5, 5.41) is 0.913. The molecule has 4 rings (SSSR count). The van der Waals surface area contributed by atoms with Gasteiger partial charge in [0.05, 0.1) is 18.4 Å². The lowest BCUT2D eigenvalue weighted by atomic mass is 10.1. The summed E-state index contributed by atoms with van der Waals surface area (Å²) in [5.41, 5.74) is 3.45. The molecule has 0 amide bonds. The highest BCUT2D eigenvalue weighted by atomic mass is 16.5. The standard InChI is InChI=1S/C19H15NO3/c1-12-11-20(13-7-9-14(22-2)10-8-13)18-15-5-3-4-6-16(15)23-19(21)17(12)18/h3-10H,1,11H2,2H3. The highest BCUT2D eigenvalue weighted by molar-refractivity contribution is 6.02. The summed E-state index contributed by atoms with van der Waals surface area (Å²) in [7, 11) is 1.64. The number of para-hydroxylation sites is 1. The third-order valence-electron chi connectivity index (χ3n) is 4.14. The maximum atomic E-state index is 12.3. The van der Waals surface area contributed by atoms with Crippen molar-refractivity contribution in [2.45, 2.75) is 0 Å². The third kappa shape index (κ3) is 2.03. The molecule has 0 N–H and O–H groups in total. The predicted octanol–water partition coefficient (Wildman–Crippen LogP) is 3.97. The van der Waals surface area contributed by atoms with E-state index >= 15 is 0 Å². The summed E-state index contributed by atoms with van der Waals surface area (Å²) in [6.07, 6.45) is 0. The molecule has 0 atom stereocenters. The van der Waals surface area contributed by atoms with Crippen LogP contribution in [0.4, 0.5) is 11.4 Å². The quantitative estimate of drug-likeness (QED) is 0.672. The van der Waals surface area contributed by atoms with Crippen molar-refractivity contribution in [1.29, 1.82) is 0 Å². The lowest BCUT2D eigenvalue weighted by Crippen LogP contribution is -2.13. The zero-order valence-corrected chi connectivity index (χ0v) is 12.7. The number of methoxy groups -OCH3 is 1. The summed E-state index contributed by atoms with van der Waals surface area (Å²) in [5.74, 6) is 0.796. The molecule has 4 nitrogen and oxygen atoms in total. The van der Waals surface area contributed by atoms with E-state index < -0.39 is 0 Å². The molecule has 23 heavy (non-hydrogen) atoms. The van der Waals surface area contributed by atoms with Crippen molar-refractivity contribution in [3.63, 3.8) is 0 Å². The minimum Gasteiger partial charge on any atom is -0.497 e. The molecule has 0 saturated carbocycles. The van der Waals surface area contributed by atoms with E-state index in [1.165, 1.54) is 0 Å². The fourth-order valence-electron chi connectivity index (χ4n) is 3.06.